The number of likely N-dealkylation sites (tertiary alicyclic amines) is 1. The largest absolute Gasteiger partial charge is 0.480 e. The van der Waals surface area contributed by atoms with Crippen LogP contribution in [0.4, 0.5) is 9.39 Å². The van der Waals surface area contributed by atoms with Gasteiger partial charge in [0.15, 0.2) is 0 Å². The molecule has 142 valence electrons. The monoisotopic (exact) mass is 390 g/mol. The number of thiophene rings is 1. The predicted molar refractivity (Wildman–Crippen MR) is 99.7 cm³/mol. The maximum absolute atomic E-state index is 13.3. The third kappa shape index (κ3) is 4.16. The zero-order valence-corrected chi connectivity index (χ0v) is 15.5. The number of halogens is 1. The normalized spacial score (nSPS) is 16.8. The Labute approximate surface area is 159 Å². The van der Waals surface area contributed by atoms with Crippen LogP contribution in [0.25, 0.3) is 0 Å². The first kappa shape index (κ1) is 19.0. The van der Waals surface area contributed by atoms with E-state index < -0.39 is 23.7 Å². The van der Waals surface area contributed by atoms with Gasteiger partial charge in [-0.05, 0) is 56.0 Å². The number of aliphatic carboxylic acids is 1. The van der Waals surface area contributed by atoms with Crippen molar-refractivity contribution in [2.75, 3.05) is 11.9 Å². The number of nitrogens with one attached hydrogen (secondary N) is 1. The molecule has 1 unspecified atom stereocenters. The van der Waals surface area contributed by atoms with E-state index in [-0.39, 0.29) is 11.5 Å². The van der Waals surface area contributed by atoms with Crippen LogP contribution in [-0.4, -0.2) is 40.4 Å². The number of hydrogen-bond acceptors (Lipinski definition) is 4. The molecule has 0 radical (unpaired) electrons. The van der Waals surface area contributed by atoms with Gasteiger partial charge in [-0.1, -0.05) is 6.07 Å². The quantitative estimate of drug-likeness (QED) is 0.836. The highest BCUT2D eigenvalue weighted by atomic mass is 32.1. The number of piperidine rings is 1. The minimum Gasteiger partial charge on any atom is -0.480 e. The zero-order valence-electron chi connectivity index (χ0n) is 14.7. The average Bonchev–Trinajstić information content (AvgIpc) is 3.01. The average molecular weight is 390 g/mol. The van der Waals surface area contributed by atoms with Crippen LogP contribution in [0.2, 0.25) is 0 Å². The van der Waals surface area contributed by atoms with E-state index in [1.807, 2.05) is 0 Å². The molecule has 1 aromatic heterocycles. The van der Waals surface area contributed by atoms with Crippen molar-refractivity contribution in [2.24, 2.45) is 0 Å². The number of aryl methyl sites for hydroxylation is 1. The van der Waals surface area contributed by atoms with Crippen molar-refractivity contribution in [3.8, 4) is 0 Å². The number of amides is 2. The van der Waals surface area contributed by atoms with Gasteiger partial charge in [-0.2, -0.15) is 0 Å². The lowest BCUT2D eigenvalue weighted by atomic mass is 10.0. The van der Waals surface area contributed by atoms with E-state index in [4.69, 9.17) is 0 Å². The van der Waals surface area contributed by atoms with Gasteiger partial charge in [0.2, 0.25) is 0 Å². The van der Waals surface area contributed by atoms with Crippen LogP contribution in [0, 0.1) is 12.7 Å². The molecule has 1 aliphatic heterocycles. The van der Waals surface area contributed by atoms with E-state index >= 15 is 0 Å². The van der Waals surface area contributed by atoms with Gasteiger partial charge in [-0.15, -0.1) is 11.3 Å². The van der Waals surface area contributed by atoms with Gasteiger partial charge in [-0.25, -0.2) is 9.18 Å². The van der Waals surface area contributed by atoms with Gasteiger partial charge in [-0.3, -0.25) is 9.59 Å². The number of carboxylic acid groups (broad SMARTS) is 1. The topological polar surface area (TPSA) is 86.7 Å². The van der Waals surface area contributed by atoms with Crippen molar-refractivity contribution in [2.45, 2.75) is 32.2 Å². The fourth-order valence-corrected chi connectivity index (χ4v) is 4.16. The fraction of sp³-hybridized carbons (Fsp3) is 0.316. The maximum Gasteiger partial charge on any atom is 0.326 e. The summed E-state index contributed by atoms with van der Waals surface area (Å²) in [6, 6.07) is 6.16. The van der Waals surface area contributed by atoms with Crippen LogP contribution < -0.4 is 5.32 Å². The molecule has 6 nitrogen and oxygen atoms in total. The molecule has 1 saturated heterocycles. The molecule has 2 N–H and O–H groups in total. The summed E-state index contributed by atoms with van der Waals surface area (Å²) in [7, 11) is 0. The van der Waals surface area contributed by atoms with Crippen LogP contribution in [0.15, 0.2) is 30.3 Å². The summed E-state index contributed by atoms with van der Waals surface area (Å²) in [6.45, 7) is 2.14. The van der Waals surface area contributed by atoms with Gasteiger partial charge in [0.05, 0.1) is 9.88 Å². The van der Waals surface area contributed by atoms with Gasteiger partial charge < -0.3 is 15.3 Å². The Morgan fingerprint density at radius 3 is 2.74 bits per heavy atom. The molecule has 1 fully saturated rings. The molecular formula is C19H19FN2O4S. The van der Waals surface area contributed by atoms with Crippen molar-refractivity contribution in [3.63, 3.8) is 0 Å². The minimum atomic E-state index is -1.00. The Morgan fingerprint density at radius 2 is 2.04 bits per heavy atom. The molecule has 2 heterocycles. The van der Waals surface area contributed by atoms with Crippen molar-refractivity contribution in [1.29, 1.82) is 0 Å². The van der Waals surface area contributed by atoms with E-state index in [1.54, 1.807) is 13.0 Å². The third-order valence-corrected chi connectivity index (χ3v) is 5.62. The number of hydrogen-bond donors (Lipinski definition) is 2. The summed E-state index contributed by atoms with van der Waals surface area (Å²) in [6.07, 6.45) is 1.98. The molecule has 0 bridgehead atoms. The number of anilines is 1. The van der Waals surface area contributed by atoms with Crippen LogP contribution in [-0.2, 0) is 4.79 Å². The molecule has 0 aliphatic carbocycles. The van der Waals surface area contributed by atoms with E-state index in [2.05, 4.69) is 5.32 Å². The molecule has 1 aromatic carbocycles. The second-order valence-electron chi connectivity index (χ2n) is 6.44. The van der Waals surface area contributed by atoms with Crippen LogP contribution in [0.1, 0.15) is 44.9 Å². The Kier molecular flexibility index (Phi) is 5.55. The van der Waals surface area contributed by atoms with Crippen LogP contribution in [0.5, 0.6) is 0 Å². The summed E-state index contributed by atoms with van der Waals surface area (Å²) in [4.78, 5) is 38.4. The SMILES string of the molecule is Cc1cc(NC(=O)c2cccc(F)c2)sc1C(=O)N1CCCCC1C(=O)O. The Balaban J connectivity index is 1.78. The van der Waals surface area contributed by atoms with Gasteiger partial charge in [0.25, 0.3) is 11.8 Å². The molecule has 0 spiro atoms. The van der Waals surface area contributed by atoms with Crippen molar-refractivity contribution < 1.29 is 23.9 Å². The molecular weight excluding hydrogens is 371 g/mol. The fourth-order valence-electron chi connectivity index (χ4n) is 3.13. The van der Waals surface area contributed by atoms with Crippen LogP contribution in [0.3, 0.4) is 0 Å². The second-order valence-corrected chi connectivity index (χ2v) is 7.49. The van der Waals surface area contributed by atoms with Crippen molar-refractivity contribution in [1.82, 2.24) is 4.90 Å². The van der Waals surface area contributed by atoms with Crippen LogP contribution >= 0.6 is 11.3 Å². The Hall–Kier alpha value is -2.74. The number of carbonyl (C=O) groups excluding carboxylic acids is 2. The van der Waals surface area contributed by atoms with Gasteiger partial charge >= 0.3 is 5.97 Å². The summed E-state index contributed by atoms with van der Waals surface area (Å²) in [5.41, 5.74) is 0.838. The number of benzene rings is 1. The maximum atomic E-state index is 13.3. The first-order valence-electron chi connectivity index (χ1n) is 8.58. The number of rotatable bonds is 4. The summed E-state index contributed by atoms with van der Waals surface area (Å²) < 4.78 is 13.3. The minimum absolute atomic E-state index is 0.177. The predicted octanol–water partition coefficient (Wildman–Crippen LogP) is 3.53. The van der Waals surface area contributed by atoms with E-state index in [9.17, 15) is 23.9 Å². The smallest absolute Gasteiger partial charge is 0.326 e. The van der Waals surface area contributed by atoms with Crippen molar-refractivity contribution >= 4 is 34.1 Å². The highest BCUT2D eigenvalue weighted by Crippen LogP contribution is 2.30. The number of carboxylic acids is 1. The standard InChI is InChI=1S/C19H19FN2O4S/c1-11-9-15(21-17(23)12-5-4-6-13(20)10-12)27-16(11)18(24)22-8-3-2-7-14(22)19(25)26/h4-6,9-10,14H,2-3,7-8H2,1H3,(H,21,23)(H,25,26). The second kappa shape index (κ2) is 7.87. The van der Waals surface area contributed by atoms with Gasteiger partial charge in [0.1, 0.15) is 11.9 Å². The zero-order chi connectivity index (χ0) is 19.6. The summed E-state index contributed by atoms with van der Waals surface area (Å²) >= 11 is 1.09. The molecule has 1 atom stereocenters. The van der Waals surface area contributed by atoms with E-state index in [0.717, 1.165) is 30.2 Å². The number of nitrogens with zero attached hydrogens (tertiary/aromatic N) is 1. The molecule has 8 heteroatoms. The lowest BCUT2D eigenvalue weighted by molar-refractivity contribution is -0.143. The lowest BCUT2D eigenvalue weighted by Gasteiger charge is -2.32. The highest BCUT2D eigenvalue weighted by molar-refractivity contribution is 7.18. The Morgan fingerprint density at radius 1 is 1.26 bits per heavy atom. The summed E-state index contributed by atoms with van der Waals surface area (Å²) in [5.74, 6) is -2.32. The summed E-state index contributed by atoms with van der Waals surface area (Å²) in [5, 5.41) is 12.5. The molecule has 1 aliphatic rings. The Bertz CT molecular complexity index is 896. The molecule has 3 rings (SSSR count). The molecule has 27 heavy (non-hydrogen) atoms. The molecule has 2 amide bonds. The van der Waals surface area contributed by atoms with E-state index in [1.165, 1.54) is 23.1 Å². The number of carbonyl (C=O) groups is 3. The van der Waals surface area contributed by atoms with Gasteiger partial charge in [0, 0.05) is 12.1 Å². The molecule has 0 saturated carbocycles. The lowest BCUT2D eigenvalue weighted by Crippen LogP contribution is -2.47. The third-order valence-electron chi connectivity index (χ3n) is 4.48. The molecule has 2 aromatic rings. The first-order chi connectivity index (χ1) is 12.9. The first-order valence-corrected chi connectivity index (χ1v) is 9.39. The highest BCUT2D eigenvalue weighted by Gasteiger charge is 2.33. The van der Waals surface area contributed by atoms with E-state index in [0.29, 0.717) is 28.4 Å². The van der Waals surface area contributed by atoms with Crippen molar-refractivity contribution in [3.05, 3.63) is 52.2 Å².